The molecule has 0 bridgehead atoms. The van der Waals surface area contributed by atoms with Crippen molar-refractivity contribution in [3.63, 3.8) is 0 Å². The van der Waals surface area contributed by atoms with Crippen LogP contribution in [0.25, 0.3) is 0 Å². The third-order valence-electron chi connectivity index (χ3n) is 3.11. The van der Waals surface area contributed by atoms with E-state index in [1.54, 1.807) is 17.7 Å². The Hall–Kier alpha value is -1.14. The lowest BCUT2D eigenvalue weighted by Crippen LogP contribution is -2.39. The predicted molar refractivity (Wildman–Crippen MR) is 65.5 cm³/mol. The first-order valence-electron chi connectivity index (χ1n) is 5.52. The fourth-order valence-corrected chi connectivity index (χ4v) is 3.13. The average Bonchev–Trinajstić information content (AvgIpc) is 2.21. The molecule has 1 aliphatic rings. The van der Waals surface area contributed by atoms with Crippen LogP contribution in [0.4, 0.5) is 0 Å². The Morgan fingerprint density at radius 2 is 2.12 bits per heavy atom. The van der Waals surface area contributed by atoms with Crippen LogP contribution in [0, 0.1) is 0 Å². The molecule has 5 nitrogen and oxygen atoms in total. The summed E-state index contributed by atoms with van der Waals surface area (Å²) in [4.78, 5) is 11.5. The highest BCUT2D eigenvalue weighted by molar-refractivity contribution is 7.88. The summed E-state index contributed by atoms with van der Waals surface area (Å²) in [5.41, 5.74) is 2.06. The number of nitrogens with one attached hydrogen (secondary N) is 1. The topological polar surface area (TPSA) is 68.2 Å². The molecule has 6 heteroatoms. The number of hydrogen-bond acceptors (Lipinski definition) is 3. The van der Waals surface area contributed by atoms with Gasteiger partial charge in [0.2, 0.25) is 15.6 Å². The minimum absolute atomic E-state index is 0.0155. The van der Waals surface area contributed by atoms with Crippen LogP contribution in [0.3, 0.4) is 0 Å². The minimum atomic E-state index is -3.16. The Balaban J connectivity index is 2.26. The van der Waals surface area contributed by atoms with Crippen LogP contribution in [0.5, 0.6) is 0 Å². The van der Waals surface area contributed by atoms with Gasteiger partial charge in [0.15, 0.2) is 0 Å². The van der Waals surface area contributed by atoms with E-state index in [1.165, 1.54) is 12.3 Å². The molecule has 0 saturated carbocycles. The van der Waals surface area contributed by atoms with Gasteiger partial charge in [0, 0.05) is 24.8 Å². The van der Waals surface area contributed by atoms with Crippen molar-refractivity contribution in [2.75, 3.05) is 6.26 Å². The molecule has 0 aromatic carbocycles. The van der Waals surface area contributed by atoms with E-state index < -0.39 is 10.0 Å². The standard InChI is InChI=1S/C11H16N2O3S/c1-13-10-5-4-9(12-17(2,15)16)7-8(10)3-6-11(13)14/h3,6,9,12H,4-5,7H2,1-2H3/t9-/m1/s1. The molecule has 0 fully saturated rings. The number of rotatable bonds is 2. The van der Waals surface area contributed by atoms with E-state index in [0.717, 1.165) is 24.1 Å². The van der Waals surface area contributed by atoms with Crippen molar-refractivity contribution >= 4 is 10.0 Å². The summed E-state index contributed by atoms with van der Waals surface area (Å²) in [6, 6.07) is 3.27. The van der Waals surface area contributed by atoms with Crippen LogP contribution in [0.15, 0.2) is 16.9 Å². The number of sulfonamides is 1. The van der Waals surface area contributed by atoms with Crippen LogP contribution >= 0.6 is 0 Å². The van der Waals surface area contributed by atoms with Crippen molar-refractivity contribution in [1.82, 2.24) is 9.29 Å². The summed E-state index contributed by atoms with van der Waals surface area (Å²) in [5.74, 6) is 0. The average molecular weight is 256 g/mol. The highest BCUT2D eigenvalue weighted by atomic mass is 32.2. The molecule has 17 heavy (non-hydrogen) atoms. The Kier molecular flexibility index (Phi) is 3.09. The van der Waals surface area contributed by atoms with Crippen molar-refractivity contribution in [3.05, 3.63) is 33.7 Å². The predicted octanol–water partition coefficient (Wildman–Crippen LogP) is -0.208. The maximum Gasteiger partial charge on any atom is 0.250 e. The van der Waals surface area contributed by atoms with Gasteiger partial charge in [0.25, 0.3) is 0 Å². The summed E-state index contributed by atoms with van der Waals surface area (Å²) in [7, 11) is -1.41. The van der Waals surface area contributed by atoms with E-state index in [2.05, 4.69) is 4.72 Å². The van der Waals surface area contributed by atoms with Crippen molar-refractivity contribution in [1.29, 1.82) is 0 Å². The maximum absolute atomic E-state index is 11.5. The fourth-order valence-electron chi connectivity index (χ4n) is 2.32. The van der Waals surface area contributed by atoms with Crippen molar-refractivity contribution in [2.24, 2.45) is 7.05 Å². The molecule has 2 rings (SSSR count). The molecule has 1 atom stereocenters. The van der Waals surface area contributed by atoms with Crippen LogP contribution in [-0.2, 0) is 29.9 Å². The second-order valence-corrected chi connectivity index (χ2v) is 6.31. The smallest absolute Gasteiger partial charge is 0.250 e. The SMILES string of the molecule is Cn1c2c(ccc1=O)C[C@H](NS(C)(=O)=O)CC2. The molecule has 1 aromatic heterocycles. The number of nitrogens with zero attached hydrogens (tertiary/aromatic N) is 1. The molecule has 0 amide bonds. The van der Waals surface area contributed by atoms with Gasteiger partial charge in [-0.15, -0.1) is 0 Å². The van der Waals surface area contributed by atoms with Gasteiger partial charge >= 0.3 is 0 Å². The highest BCUT2D eigenvalue weighted by Gasteiger charge is 2.22. The largest absolute Gasteiger partial charge is 0.315 e. The molecular weight excluding hydrogens is 240 g/mol. The number of fused-ring (bicyclic) bond motifs is 1. The van der Waals surface area contributed by atoms with Crippen LogP contribution in [0.1, 0.15) is 17.7 Å². The first-order chi connectivity index (χ1) is 7.87. The first-order valence-corrected chi connectivity index (χ1v) is 7.41. The minimum Gasteiger partial charge on any atom is -0.315 e. The Morgan fingerprint density at radius 1 is 1.41 bits per heavy atom. The lowest BCUT2D eigenvalue weighted by atomic mass is 9.92. The number of hydrogen-bond donors (Lipinski definition) is 1. The third kappa shape index (κ3) is 2.76. The van der Waals surface area contributed by atoms with Gasteiger partial charge in [0.05, 0.1) is 6.26 Å². The molecule has 1 N–H and O–H groups in total. The van der Waals surface area contributed by atoms with Gasteiger partial charge in [0.1, 0.15) is 0 Å². The van der Waals surface area contributed by atoms with E-state index in [0.29, 0.717) is 6.42 Å². The number of aromatic nitrogens is 1. The van der Waals surface area contributed by atoms with Crippen molar-refractivity contribution in [3.8, 4) is 0 Å². The van der Waals surface area contributed by atoms with E-state index in [4.69, 9.17) is 0 Å². The quantitative estimate of drug-likeness (QED) is 0.796. The molecule has 94 valence electrons. The Morgan fingerprint density at radius 3 is 2.76 bits per heavy atom. The van der Waals surface area contributed by atoms with Crippen molar-refractivity contribution < 1.29 is 8.42 Å². The second kappa shape index (κ2) is 4.27. The first kappa shape index (κ1) is 12.3. The molecule has 0 saturated heterocycles. The zero-order chi connectivity index (χ0) is 12.6. The molecule has 1 aromatic rings. The molecule has 0 unspecified atom stereocenters. The molecule has 0 aliphatic heterocycles. The molecule has 0 spiro atoms. The zero-order valence-electron chi connectivity index (χ0n) is 9.93. The number of pyridine rings is 1. The van der Waals surface area contributed by atoms with Gasteiger partial charge in [-0.2, -0.15) is 0 Å². The fraction of sp³-hybridized carbons (Fsp3) is 0.545. The second-order valence-electron chi connectivity index (χ2n) is 4.53. The van der Waals surface area contributed by atoms with E-state index in [1.807, 2.05) is 0 Å². The van der Waals surface area contributed by atoms with E-state index in [-0.39, 0.29) is 11.6 Å². The van der Waals surface area contributed by atoms with Crippen LogP contribution < -0.4 is 10.3 Å². The van der Waals surface area contributed by atoms with Crippen LogP contribution in [0.2, 0.25) is 0 Å². The zero-order valence-corrected chi connectivity index (χ0v) is 10.8. The summed E-state index contributed by atoms with van der Waals surface area (Å²) < 4.78 is 26.6. The Labute approximate surface area is 101 Å². The molecular formula is C11H16N2O3S. The monoisotopic (exact) mass is 256 g/mol. The lowest BCUT2D eigenvalue weighted by Gasteiger charge is -2.26. The maximum atomic E-state index is 11.5. The third-order valence-corrected chi connectivity index (χ3v) is 3.87. The van der Waals surface area contributed by atoms with Gasteiger partial charge in [-0.05, 0) is 24.8 Å². The summed E-state index contributed by atoms with van der Waals surface area (Å²) >= 11 is 0. The molecule has 1 heterocycles. The normalized spacial score (nSPS) is 20.0. The van der Waals surface area contributed by atoms with Crippen LogP contribution in [-0.4, -0.2) is 25.3 Å². The van der Waals surface area contributed by atoms with Gasteiger partial charge in [-0.3, -0.25) is 4.79 Å². The lowest BCUT2D eigenvalue weighted by molar-refractivity contribution is 0.496. The van der Waals surface area contributed by atoms with Gasteiger partial charge in [-0.25, -0.2) is 13.1 Å². The van der Waals surface area contributed by atoms with Gasteiger partial charge < -0.3 is 4.57 Å². The van der Waals surface area contributed by atoms with E-state index >= 15 is 0 Å². The van der Waals surface area contributed by atoms with Gasteiger partial charge in [-0.1, -0.05) is 6.07 Å². The summed E-state index contributed by atoms with van der Waals surface area (Å²) in [5, 5.41) is 0. The highest BCUT2D eigenvalue weighted by Crippen LogP contribution is 2.19. The summed E-state index contributed by atoms with van der Waals surface area (Å²) in [6.07, 6.45) is 3.28. The van der Waals surface area contributed by atoms with Crippen molar-refractivity contribution in [2.45, 2.75) is 25.3 Å². The summed E-state index contributed by atoms with van der Waals surface area (Å²) in [6.45, 7) is 0. The Bertz CT molecular complexity index is 589. The molecule has 1 aliphatic carbocycles. The van der Waals surface area contributed by atoms with E-state index in [9.17, 15) is 13.2 Å². The molecule has 0 radical (unpaired) electrons.